The van der Waals surface area contributed by atoms with Crippen LogP contribution in [0.25, 0.3) is 10.9 Å². The summed E-state index contributed by atoms with van der Waals surface area (Å²) in [7, 11) is 0. The molecule has 1 saturated carbocycles. The molecule has 5 heteroatoms. The molecule has 4 rings (SSSR count). The van der Waals surface area contributed by atoms with Gasteiger partial charge in [0.25, 0.3) is 0 Å². The first-order chi connectivity index (χ1) is 14.3. The van der Waals surface area contributed by atoms with Crippen LogP contribution in [0.1, 0.15) is 62.3 Å². The summed E-state index contributed by atoms with van der Waals surface area (Å²) in [6.07, 6.45) is 2.71. The maximum Gasteiger partial charge on any atom is 0.337 e. The number of aromatic nitrogens is 1. The van der Waals surface area contributed by atoms with Crippen LogP contribution in [0.2, 0.25) is 0 Å². The molecule has 0 aliphatic heterocycles. The molecule has 30 heavy (non-hydrogen) atoms. The van der Waals surface area contributed by atoms with Crippen molar-refractivity contribution in [1.82, 2.24) is 4.98 Å². The van der Waals surface area contributed by atoms with Gasteiger partial charge >= 0.3 is 5.97 Å². The Morgan fingerprint density at radius 3 is 2.53 bits per heavy atom. The molecule has 1 aliphatic rings. The summed E-state index contributed by atoms with van der Waals surface area (Å²) in [5.74, 6) is -0.0453. The van der Waals surface area contributed by atoms with Gasteiger partial charge in [0, 0.05) is 17.1 Å². The summed E-state index contributed by atoms with van der Waals surface area (Å²) in [6, 6.07) is 15.7. The fourth-order valence-corrected chi connectivity index (χ4v) is 3.69. The zero-order valence-corrected chi connectivity index (χ0v) is 17.6. The Labute approximate surface area is 176 Å². The number of hydrogen-bond acceptors (Lipinski definition) is 4. The molecule has 0 amide bonds. The number of benzene rings is 2. The Morgan fingerprint density at radius 2 is 1.90 bits per heavy atom. The first-order valence-corrected chi connectivity index (χ1v) is 10.3. The summed E-state index contributed by atoms with van der Waals surface area (Å²) in [6.45, 7) is 5.94. The number of ether oxygens (including phenoxy) is 2. The lowest BCUT2D eigenvalue weighted by Gasteiger charge is -2.28. The molecule has 0 bridgehead atoms. The number of nitrogens with zero attached hydrogens (tertiary/aromatic N) is 1. The zero-order chi connectivity index (χ0) is 21.3. The third kappa shape index (κ3) is 4.46. The van der Waals surface area contributed by atoms with E-state index in [-0.39, 0.29) is 0 Å². The van der Waals surface area contributed by atoms with E-state index in [9.17, 15) is 9.90 Å². The highest BCUT2D eigenvalue weighted by molar-refractivity contribution is 5.91. The largest absolute Gasteiger partial charge is 0.488 e. The lowest BCUT2D eigenvalue weighted by Crippen LogP contribution is -2.28. The molecule has 1 unspecified atom stereocenters. The average Bonchev–Trinajstić information content (AvgIpc) is 3.55. The molecule has 0 saturated heterocycles. The smallest absolute Gasteiger partial charge is 0.337 e. The van der Waals surface area contributed by atoms with Gasteiger partial charge in [-0.1, -0.05) is 36.4 Å². The Morgan fingerprint density at radius 1 is 1.17 bits per heavy atom. The van der Waals surface area contributed by atoms with E-state index in [1.165, 1.54) is 0 Å². The number of hydrogen-bond donors (Lipinski definition) is 1. The third-order valence-corrected chi connectivity index (χ3v) is 5.13. The van der Waals surface area contributed by atoms with Crippen molar-refractivity contribution in [1.29, 1.82) is 0 Å². The summed E-state index contributed by atoms with van der Waals surface area (Å²) in [4.78, 5) is 16.8. The van der Waals surface area contributed by atoms with E-state index in [2.05, 4.69) is 4.98 Å². The highest BCUT2D eigenvalue weighted by Crippen LogP contribution is 2.49. The quantitative estimate of drug-likeness (QED) is 0.551. The number of pyridine rings is 1. The van der Waals surface area contributed by atoms with E-state index in [1.807, 2.05) is 69.3 Å². The first-order valence-electron chi connectivity index (χ1n) is 10.3. The molecule has 1 fully saturated rings. The Kier molecular flexibility index (Phi) is 5.48. The van der Waals surface area contributed by atoms with Gasteiger partial charge in [0.15, 0.2) is 6.10 Å². The third-order valence-electron chi connectivity index (χ3n) is 5.13. The summed E-state index contributed by atoms with van der Waals surface area (Å²) < 4.78 is 12.4. The number of carboxylic acid groups (broad SMARTS) is 1. The molecular weight excluding hydrogens is 378 g/mol. The molecule has 156 valence electrons. The minimum absolute atomic E-state index is 0.362. The molecule has 1 N–H and O–H groups in total. The maximum atomic E-state index is 12.3. The van der Waals surface area contributed by atoms with Gasteiger partial charge in [-0.2, -0.15) is 0 Å². The monoisotopic (exact) mass is 405 g/mol. The van der Waals surface area contributed by atoms with Gasteiger partial charge in [-0.05, 0) is 62.8 Å². The number of carbonyl (C=O) groups is 1. The lowest BCUT2D eigenvalue weighted by atomic mass is 9.95. The molecule has 3 aromatic rings. The fourth-order valence-electron chi connectivity index (χ4n) is 3.69. The zero-order valence-electron chi connectivity index (χ0n) is 17.6. The summed E-state index contributed by atoms with van der Waals surface area (Å²) in [5, 5.41) is 10.9. The fraction of sp³-hybridized carbons (Fsp3) is 0.360. The van der Waals surface area contributed by atoms with Crippen LogP contribution in [0.4, 0.5) is 0 Å². The van der Waals surface area contributed by atoms with Gasteiger partial charge < -0.3 is 14.6 Å². The van der Waals surface area contributed by atoms with Crippen molar-refractivity contribution in [3.63, 3.8) is 0 Å². The van der Waals surface area contributed by atoms with E-state index < -0.39 is 17.7 Å². The van der Waals surface area contributed by atoms with Gasteiger partial charge in [-0.15, -0.1) is 0 Å². The molecule has 1 heterocycles. The first kappa shape index (κ1) is 20.4. The molecule has 1 aromatic heterocycles. The maximum absolute atomic E-state index is 12.3. The van der Waals surface area contributed by atoms with Crippen molar-refractivity contribution in [2.24, 2.45) is 0 Å². The van der Waals surface area contributed by atoms with Gasteiger partial charge in [0.1, 0.15) is 12.4 Å². The predicted molar refractivity (Wildman–Crippen MR) is 116 cm³/mol. The molecule has 0 spiro atoms. The highest BCUT2D eigenvalue weighted by Gasteiger charge is 2.36. The Balaban J connectivity index is 1.89. The normalized spacial score (nSPS) is 15.2. The molecule has 2 aromatic carbocycles. The molecule has 1 aliphatic carbocycles. The van der Waals surface area contributed by atoms with Crippen molar-refractivity contribution in [3.8, 4) is 5.75 Å². The van der Waals surface area contributed by atoms with Crippen LogP contribution in [-0.2, 0) is 16.1 Å². The SMILES string of the molecule is CC(C)(C)OC(C(=O)O)c1c(OCc2ccccc2)c(C2CC2)cc2ncccc12. The Hall–Kier alpha value is -2.92. The van der Waals surface area contributed by atoms with Crippen molar-refractivity contribution in [2.45, 2.75) is 57.8 Å². The van der Waals surface area contributed by atoms with E-state index in [1.54, 1.807) is 6.20 Å². The minimum Gasteiger partial charge on any atom is -0.488 e. The second-order valence-electron chi connectivity index (χ2n) is 8.78. The number of carboxylic acids is 1. The number of fused-ring (bicyclic) bond motifs is 1. The average molecular weight is 405 g/mol. The van der Waals surface area contributed by atoms with Crippen LogP contribution in [0.15, 0.2) is 54.7 Å². The van der Waals surface area contributed by atoms with Gasteiger partial charge in [0.2, 0.25) is 0 Å². The lowest BCUT2D eigenvalue weighted by molar-refractivity contribution is -0.160. The van der Waals surface area contributed by atoms with Crippen molar-refractivity contribution in [2.75, 3.05) is 0 Å². The Bertz CT molecular complexity index is 1050. The topological polar surface area (TPSA) is 68.7 Å². The van der Waals surface area contributed by atoms with E-state index >= 15 is 0 Å². The van der Waals surface area contributed by atoms with Crippen LogP contribution < -0.4 is 4.74 Å². The van der Waals surface area contributed by atoms with Crippen LogP contribution in [0, 0.1) is 0 Å². The van der Waals surface area contributed by atoms with Crippen molar-refractivity contribution in [3.05, 3.63) is 71.4 Å². The van der Waals surface area contributed by atoms with Crippen LogP contribution >= 0.6 is 0 Å². The summed E-state index contributed by atoms with van der Waals surface area (Å²) >= 11 is 0. The standard InChI is InChI=1S/C25H27NO4/c1-25(2,3)30-23(24(27)28)21-18-10-7-13-26-20(18)14-19(17-11-12-17)22(21)29-15-16-8-5-4-6-9-16/h4-10,13-14,17,23H,11-12,15H2,1-3H3,(H,27,28). The predicted octanol–water partition coefficient (Wildman–Crippen LogP) is 5.63. The minimum atomic E-state index is -1.15. The van der Waals surface area contributed by atoms with Crippen molar-refractivity contribution >= 4 is 16.9 Å². The molecular formula is C25H27NO4. The van der Waals surface area contributed by atoms with E-state index in [0.717, 1.165) is 34.9 Å². The van der Waals surface area contributed by atoms with E-state index in [4.69, 9.17) is 9.47 Å². The molecule has 1 atom stereocenters. The van der Waals surface area contributed by atoms with Gasteiger partial charge in [0.05, 0.1) is 11.1 Å². The van der Waals surface area contributed by atoms with Crippen LogP contribution in [0.5, 0.6) is 5.75 Å². The van der Waals surface area contributed by atoms with E-state index in [0.29, 0.717) is 23.8 Å². The molecule has 0 radical (unpaired) electrons. The highest BCUT2D eigenvalue weighted by atomic mass is 16.5. The van der Waals surface area contributed by atoms with Gasteiger partial charge in [-0.3, -0.25) is 4.98 Å². The number of aliphatic carboxylic acids is 1. The van der Waals surface area contributed by atoms with Gasteiger partial charge in [-0.25, -0.2) is 4.79 Å². The second kappa shape index (κ2) is 8.07. The summed E-state index contributed by atoms with van der Waals surface area (Å²) in [5.41, 5.74) is 2.74. The second-order valence-corrected chi connectivity index (χ2v) is 8.78. The van der Waals surface area contributed by atoms with Crippen LogP contribution in [-0.4, -0.2) is 21.7 Å². The van der Waals surface area contributed by atoms with Crippen LogP contribution in [0.3, 0.4) is 0 Å². The van der Waals surface area contributed by atoms with Crippen molar-refractivity contribution < 1.29 is 19.4 Å². The number of rotatable bonds is 7. The molecule has 5 nitrogen and oxygen atoms in total.